The lowest BCUT2D eigenvalue weighted by molar-refractivity contribution is -0.122. The van der Waals surface area contributed by atoms with Crippen LogP contribution < -0.4 is 10.0 Å². The molecule has 2 aromatic rings. The SMILES string of the molecule is O=C(NCc1ccc(S(=O)(=O)Nc2nccs2)cc1)C1CC1. The maximum atomic E-state index is 12.2. The standard InChI is InChI=1S/C14H15N3O3S2/c18-13(11-3-4-11)16-9-10-1-5-12(6-2-10)22(19,20)17-14-15-7-8-21-14/h1-2,5-8,11H,3-4,9H2,(H,15,17)(H,16,18). The van der Waals surface area contributed by atoms with E-state index in [1.165, 1.54) is 29.7 Å². The highest BCUT2D eigenvalue weighted by atomic mass is 32.2. The first kappa shape index (κ1) is 15.0. The van der Waals surface area contributed by atoms with Gasteiger partial charge in [0.2, 0.25) is 5.91 Å². The maximum Gasteiger partial charge on any atom is 0.263 e. The molecule has 3 rings (SSSR count). The molecule has 0 aliphatic heterocycles. The van der Waals surface area contributed by atoms with Crippen LogP contribution in [0.1, 0.15) is 18.4 Å². The van der Waals surface area contributed by atoms with Crippen molar-refractivity contribution in [2.24, 2.45) is 5.92 Å². The lowest BCUT2D eigenvalue weighted by Crippen LogP contribution is -2.24. The monoisotopic (exact) mass is 337 g/mol. The van der Waals surface area contributed by atoms with Gasteiger partial charge in [0.25, 0.3) is 10.0 Å². The van der Waals surface area contributed by atoms with E-state index >= 15 is 0 Å². The predicted molar refractivity (Wildman–Crippen MR) is 83.9 cm³/mol. The van der Waals surface area contributed by atoms with Crippen LogP contribution in [-0.4, -0.2) is 19.3 Å². The van der Waals surface area contributed by atoms with Gasteiger partial charge in [-0.15, -0.1) is 11.3 Å². The number of nitrogens with one attached hydrogen (secondary N) is 2. The average Bonchev–Trinajstić information content (AvgIpc) is 3.24. The molecular weight excluding hydrogens is 322 g/mol. The number of sulfonamides is 1. The van der Waals surface area contributed by atoms with E-state index in [2.05, 4.69) is 15.0 Å². The highest BCUT2D eigenvalue weighted by Crippen LogP contribution is 2.28. The molecule has 116 valence electrons. The van der Waals surface area contributed by atoms with Crippen molar-refractivity contribution in [3.8, 4) is 0 Å². The van der Waals surface area contributed by atoms with Gasteiger partial charge in [-0.3, -0.25) is 9.52 Å². The summed E-state index contributed by atoms with van der Waals surface area (Å²) in [6, 6.07) is 6.44. The molecule has 1 aromatic carbocycles. The number of hydrogen-bond donors (Lipinski definition) is 2. The normalized spacial score (nSPS) is 14.5. The molecule has 0 radical (unpaired) electrons. The molecule has 0 atom stereocenters. The van der Waals surface area contributed by atoms with Crippen LogP contribution >= 0.6 is 11.3 Å². The molecule has 0 unspecified atom stereocenters. The minimum atomic E-state index is -3.62. The van der Waals surface area contributed by atoms with E-state index < -0.39 is 10.0 Å². The second-order valence-corrected chi connectivity index (χ2v) is 7.66. The quantitative estimate of drug-likeness (QED) is 0.843. The van der Waals surface area contributed by atoms with Crippen molar-refractivity contribution >= 4 is 32.4 Å². The summed E-state index contributed by atoms with van der Waals surface area (Å²) < 4.78 is 26.7. The minimum absolute atomic E-state index is 0.0714. The van der Waals surface area contributed by atoms with Gasteiger partial charge in [0, 0.05) is 24.0 Å². The summed E-state index contributed by atoms with van der Waals surface area (Å²) in [6.07, 6.45) is 3.46. The van der Waals surface area contributed by atoms with E-state index in [0.717, 1.165) is 18.4 Å². The third-order valence-electron chi connectivity index (χ3n) is 3.30. The molecule has 6 nitrogen and oxygen atoms in total. The summed E-state index contributed by atoms with van der Waals surface area (Å²) in [5.41, 5.74) is 0.863. The summed E-state index contributed by atoms with van der Waals surface area (Å²) in [5.74, 6) is 0.240. The van der Waals surface area contributed by atoms with Gasteiger partial charge < -0.3 is 5.32 Å². The van der Waals surface area contributed by atoms with Crippen molar-refractivity contribution in [2.75, 3.05) is 4.72 Å². The number of nitrogens with zero attached hydrogens (tertiary/aromatic N) is 1. The van der Waals surface area contributed by atoms with E-state index in [1.807, 2.05) is 0 Å². The Morgan fingerprint density at radius 2 is 2.00 bits per heavy atom. The Labute approximate surface area is 132 Å². The Morgan fingerprint density at radius 1 is 1.27 bits per heavy atom. The first-order chi connectivity index (χ1) is 10.5. The number of thiazole rings is 1. The second kappa shape index (κ2) is 6.05. The maximum absolute atomic E-state index is 12.2. The fraction of sp³-hybridized carbons (Fsp3) is 0.286. The fourth-order valence-electron chi connectivity index (χ4n) is 1.91. The summed E-state index contributed by atoms with van der Waals surface area (Å²) in [5, 5.41) is 4.88. The van der Waals surface area contributed by atoms with Crippen LogP contribution in [0.25, 0.3) is 0 Å². The zero-order chi connectivity index (χ0) is 15.6. The van der Waals surface area contributed by atoms with E-state index in [9.17, 15) is 13.2 Å². The van der Waals surface area contributed by atoms with Gasteiger partial charge in [0.15, 0.2) is 5.13 Å². The van der Waals surface area contributed by atoms with Gasteiger partial charge in [0.1, 0.15) is 0 Å². The summed E-state index contributed by atoms with van der Waals surface area (Å²) in [6.45, 7) is 0.412. The molecule has 0 saturated heterocycles. The molecule has 2 N–H and O–H groups in total. The third-order valence-corrected chi connectivity index (χ3v) is 5.48. The Hall–Kier alpha value is -1.93. The zero-order valence-electron chi connectivity index (χ0n) is 11.7. The van der Waals surface area contributed by atoms with Gasteiger partial charge in [-0.1, -0.05) is 12.1 Å². The Balaban J connectivity index is 1.63. The number of benzene rings is 1. The van der Waals surface area contributed by atoms with Crippen molar-refractivity contribution in [1.82, 2.24) is 10.3 Å². The van der Waals surface area contributed by atoms with E-state index in [0.29, 0.717) is 11.7 Å². The van der Waals surface area contributed by atoms with Crippen molar-refractivity contribution in [3.63, 3.8) is 0 Å². The molecule has 1 saturated carbocycles. The molecule has 1 heterocycles. The van der Waals surface area contributed by atoms with Crippen LogP contribution in [0.3, 0.4) is 0 Å². The van der Waals surface area contributed by atoms with Gasteiger partial charge in [-0.2, -0.15) is 0 Å². The van der Waals surface area contributed by atoms with E-state index in [-0.39, 0.29) is 16.7 Å². The molecule has 1 aliphatic carbocycles. The van der Waals surface area contributed by atoms with Gasteiger partial charge in [0.05, 0.1) is 4.90 Å². The molecule has 0 bridgehead atoms. The highest BCUT2D eigenvalue weighted by molar-refractivity contribution is 7.93. The fourth-order valence-corrected chi connectivity index (χ4v) is 3.70. The van der Waals surface area contributed by atoms with Crippen molar-refractivity contribution < 1.29 is 13.2 Å². The van der Waals surface area contributed by atoms with Crippen LogP contribution in [0.2, 0.25) is 0 Å². The average molecular weight is 337 g/mol. The largest absolute Gasteiger partial charge is 0.352 e. The van der Waals surface area contributed by atoms with Crippen LogP contribution in [0, 0.1) is 5.92 Å². The first-order valence-electron chi connectivity index (χ1n) is 6.83. The summed E-state index contributed by atoms with van der Waals surface area (Å²) in [7, 11) is -3.62. The number of aromatic nitrogens is 1. The van der Waals surface area contributed by atoms with Crippen LogP contribution in [0.5, 0.6) is 0 Å². The topological polar surface area (TPSA) is 88.2 Å². The van der Waals surface area contributed by atoms with E-state index in [4.69, 9.17) is 0 Å². The number of rotatable bonds is 6. The molecule has 0 spiro atoms. The van der Waals surface area contributed by atoms with Crippen LogP contribution in [0.4, 0.5) is 5.13 Å². The van der Waals surface area contributed by atoms with Crippen LogP contribution in [-0.2, 0) is 21.4 Å². The van der Waals surface area contributed by atoms with Gasteiger partial charge >= 0.3 is 0 Å². The number of carbonyl (C=O) groups is 1. The number of anilines is 1. The first-order valence-corrected chi connectivity index (χ1v) is 9.20. The predicted octanol–water partition coefficient (Wildman–Crippen LogP) is 1.97. The number of hydrogen-bond acceptors (Lipinski definition) is 5. The summed E-state index contributed by atoms with van der Waals surface area (Å²) >= 11 is 1.22. The summed E-state index contributed by atoms with van der Waals surface area (Å²) in [4.78, 5) is 15.6. The number of amides is 1. The van der Waals surface area contributed by atoms with Crippen LogP contribution in [0.15, 0.2) is 40.7 Å². The third kappa shape index (κ3) is 3.63. The molecule has 22 heavy (non-hydrogen) atoms. The molecule has 1 aliphatic rings. The zero-order valence-corrected chi connectivity index (χ0v) is 13.3. The van der Waals surface area contributed by atoms with Crippen molar-refractivity contribution in [3.05, 3.63) is 41.4 Å². The molecule has 8 heteroatoms. The lowest BCUT2D eigenvalue weighted by atomic mass is 10.2. The van der Waals surface area contributed by atoms with Gasteiger partial charge in [-0.05, 0) is 30.5 Å². The second-order valence-electron chi connectivity index (χ2n) is 5.08. The molecule has 1 fully saturated rings. The van der Waals surface area contributed by atoms with Gasteiger partial charge in [-0.25, -0.2) is 13.4 Å². The van der Waals surface area contributed by atoms with Crippen molar-refractivity contribution in [1.29, 1.82) is 0 Å². The minimum Gasteiger partial charge on any atom is -0.352 e. The number of carbonyl (C=O) groups excluding carboxylic acids is 1. The smallest absolute Gasteiger partial charge is 0.263 e. The Bertz CT molecular complexity index is 751. The highest BCUT2D eigenvalue weighted by Gasteiger charge is 2.29. The molecule has 1 amide bonds. The van der Waals surface area contributed by atoms with Crippen molar-refractivity contribution in [2.45, 2.75) is 24.3 Å². The Morgan fingerprint density at radius 3 is 2.59 bits per heavy atom. The molecule has 1 aromatic heterocycles. The Kier molecular flexibility index (Phi) is 4.12. The lowest BCUT2D eigenvalue weighted by Gasteiger charge is -2.07. The molecular formula is C14H15N3O3S2. The van der Waals surface area contributed by atoms with E-state index in [1.54, 1.807) is 17.5 Å².